The normalized spacial score (nSPS) is 25.0. The molecule has 0 spiro atoms. The van der Waals surface area contributed by atoms with Crippen LogP contribution < -0.4 is 0 Å². The molecule has 1 saturated heterocycles. The summed E-state index contributed by atoms with van der Waals surface area (Å²) in [7, 11) is 0. The van der Waals surface area contributed by atoms with Gasteiger partial charge in [0.25, 0.3) is 0 Å². The Kier molecular flexibility index (Phi) is 8.06. The molecule has 0 aromatic heterocycles. The zero-order valence-corrected chi connectivity index (χ0v) is 20.1. The summed E-state index contributed by atoms with van der Waals surface area (Å²) >= 11 is 12.4. The Morgan fingerprint density at radius 3 is 2.36 bits per heavy atom. The van der Waals surface area contributed by atoms with Gasteiger partial charge in [-0.05, 0) is 48.2 Å². The van der Waals surface area contributed by atoms with E-state index in [1.54, 1.807) is 30.0 Å². The Morgan fingerprint density at radius 2 is 1.82 bits per heavy atom. The van der Waals surface area contributed by atoms with Crippen molar-refractivity contribution in [1.82, 2.24) is 4.90 Å². The number of carboxylic acids is 1. The van der Waals surface area contributed by atoms with Gasteiger partial charge in [-0.25, -0.2) is 0 Å². The molecule has 8 heteroatoms. The number of aliphatic carboxylic acids is 1. The summed E-state index contributed by atoms with van der Waals surface area (Å²) in [5, 5.41) is 31.1. The lowest BCUT2D eigenvalue weighted by Crippen LogP contribution is -2.59. The van der Waals surface area contributed by atoms with Crippen LogP contribution in [0.25, 0.3) is 0 Å². The number of carbonyl (C=O) groups excluding carboxylic acids is 1. The number of amides is 1. The molecule has 1 fully saturated rings. The van der Waals surface area contributed by atoms with Crippen LogP contribution >= 0.6 is 23.2 Å². The summed E-state index contributed by atoms with van der Waals surface area (Å²) in [5.74, 6) is -1.73. The highest BCUT2D eigenvalue weighted by molar-refractivity contribution is 6.30. The Balaban J connectivity index is 2.25. The number of hydrogen-bond acceptors (Lipinski definition) is 4. The van der Waals surface area contributed by atoms with Gasteiger partial charge in [0.15, 0.2) is 0 Å². The van der Waals surface area contributed by atoms with Crippen molar-refractivity contribution in [1.29, 1.82) is 0 Å². The van der Waals surface area contributed by atoms with Crippen LogP contribution in [0.4, 0.5) is 0 Å². The van der Waals surface area contributed by atoms with Crippen LogP contribution in [0.5, 0.6) is 0 Å². The molecular formula is C25H29Cl2NO5. The van der Waals surface area contributed by atoms with Crippen molar-refractivity contribution in [3.63, 3.8) is 0 Å². The molecular weight excluding hydrogens is 465 g/mol. The predicted octanol–water partition coefficient (Wildman–Crippen LogP) is 4.66. The quantitative estimate of drug-likeness (QED) is 0.496. The van der Waals surface area contributed by atoms with Crippen LogP contribution in [-0.4, -0.2) is 50.8 Å². The minimum Gasteiger partial charge on any atom is -0.481 e. The first kappa shape index (κ1) is 25.5. The molecule has 0 unspecified atom stereocenters. The van der Waals surface area contributed by atoms with E-state index in [1.165, 1.54) is 0 Å². The Morgan fingerprint density at radius 1 is 1.15 bits per heavy atom. The molecule has 33 heavy (non-hydrogen) atoms. The summed E-state index contributed by atoms with van der Waals surface area (Å²) in [6.07, 6.45) is -0.865. The minimum absolute atomic E-state index is 0.286. The highest BCUT2D eigenvalue weighted by Gasteiger charge is 2.53. The number of benzene rings is 2. The maximum absolute atomic E-state index is 13.9. The number of halogens is 2. The largest absolute Gasteiger partial charge is 0.481 e. The molecule has 2 aromatic carbocycles. The fourth-order valence-electron chi connectivity index (χ4n) is 5.02. The molecule has 2 aromatic rings. The van der Waals surface area contributed by atoms with E-state index in [9.17, 15) is 24.9 Å². The zero-order valence-electron chi connectivity index (χ0n) is 18.6. The van der Waals surface area contributed by atoms with E-state index in [0.29, 0.717) is 16.5 Å². The fraction of sp³-hybridized carbons (Fsp3) is 0.440. The van der Waals surface area contributed by atoms with E-state index < -0.39 is 36.2 Å². The van der Waals surface area contributed by atoms with Crippen molar-refractivity contribution < 1.29 is 24.9 Å². The number of likely N-dealkylation sites (tertiary alicyclic amines) is 1. The Labute approximate surface area is 203 Å². The molecule has 0 saturated carbocycles. The number of piperidine rings is 1. The van der Waals surface area contributed by atoms with Crippen LogP contribution in [-0.2, 0) is 9.59 Å². The number of carboxylic acid groups (broad SMARTS) is 1. The number of aliphatic hydroxyl groups excluding tert-OH is 2. The number of rotatable bonds is 8. The topological polar surface area (TPSA) is 98.1 Å². The van der Waals surface area contributed by atoms with Gasteiger partial charge in [0.05, 0.1) is 36.6 Å². The van der Waals surface area contributed by atoms with Crippen LogP contribution in [0.1, 0.15) is 56.2 Å². The van der Waals surface area contributed by atoms with Crippen LogP contribution in [0.3, 0.4) is 0 Å². The number of hydrogen-bond donors (Lipinski definition) is 3. The van der Waals surface area contributed by atoms with Gasteiger partial charge in [-0.3, -0.25) is 9.59 Å². The van der Waals surface area contributed by atoms with Gasteiger partial charge >= 0.3 is 5.97 Å². The third-order valence-corrected chi connectivity index (χ3v) is 7.03. The van der Waals surface area contributed by atoms with Crippen molar-refractivity contribution in [2.45, 2.75) is 57.2 Å². The molecule has 178 valence electrons. The summed E-state index contributed by atoms with van der Waals surface area (Å²) in [4.78, 5) is 27.2. The van der Waals surface area contributed by atoms with E-state index in [-0.39, 0.29) is 24.7 Å². The van der Waals surface area contributed by atoms with Crippen LogP contribution in [0.2, 0.25) is 10.0 Å². The summed E-state index contributed by atoms with van der Waals surface area (Å²) in [6.45, 7) is 2.96. The molecule has 3 rings (SSSR count). The molecule has 0 bridgehead atoms. The first-order valence-electron chi connectivity index (χ1n) is 11.0. The van der Waals surface area contributed by atoms with E-state index in [0.717, 1.165) is 11.1 Å². The molecule has 3 N–H and O–H groups in total. The maximum atomic E-state index is 13.9. The Hall–Kier alpha value is -2.12. The first-order chi connectivity index (χ1) is 15.6. The first-order valence-corrected chi connectivity index (χ1v) is 11.7. The monoisotopic (exact) mass is 493 g/mol. The molecule has 6 nitrogen and oxygen atoms in total. The standard InChI is InChI=1S/C25H29Cl2NO5/c1-3-20(21(30)14-29)28-23(15-7-9-17(26)10-8-15)19(16-5-4-6-18(27)11-16)12-25(2,24(28)33)13-22(31)32/h4-11,19-21,23,29-30H,3,12-14H2,1-2H3,(H,31,32)/t19-,20+,21+,23-,25-/m1/s1. The van der Waals surface area contributed by atoms with Gasteiger partial charge < -0.3 is 20.2 Å². The van der Waals surface area contributed by atoms with E-state index in [2.05, 4.69) is 0 Å². The molecule has 0 aliphatic carbocycles. The average Bonchev–Trinajstić information content (AvgIpc) is 2.77. The van der Waals surface area contributed by atoms with Gasteiger partial charge in [-0.1, -0.05) is 61.3 Å². The third kappa shape index (κ3) is 5.35. The third-order valence-electron chi connectivity index (χ3n) is 6.54. The van der Waals surface area contributed by atoms with Gasteiger partial charge in [0, 0.05) is 16.0 Å². The molecule has 1 aliphatic heterocycles. The van der Waals surface area contributed by atoms with E-state index >= 15 is 0 Å². The van der Waals surface area contributed by atoms with Gasteiger partial charge in [-0.15, -0.1) is 0 Å². The van der Waals surface area contributed by atoms with E-state index in [1.807, 2.05) is 37.3 Å². The molecule has 5 atom stereocenters. The summed E-state index contributed by atoms with van der Waals surface area (Å²) in [6, 6.07) is 13.3. The summed E-state index contributed by atoms with van der Waals surface area (Å²) < 4.78 is 0. The second-order valence-corrected chi connectivity index (χ2v) is 9.80. The van der Waals surface area contributed by atoms with Gasteiger partial charge in [-0.2, -0.15) is 0 Å². The zero-order chi connectivity index (χ0) is 24.3. The molecule has 1 aliphatic rings. The lowest BCUT2D eigenvalue weighted by Gasteiger charge is -2.52. The van der Waals surface area contributed by atoms with Gasteiger partial charge in [0.2, 0.25) is 5.91 Å². The molecule has 1 heterocycles. The number of aliphatic hydroxyl groups is 2. The van der Waals surface area contributed by atoms with Gasteiger partial charge in [0.1, 0.15) is 0 Å². The predicted molar refractivity (Wildman–Crippen MR) is 127 cm³/mol. The highest BCUT2D eigenvalue weighted by atomic mass is 35.5. The van der Waals surface area contributed by atoms with E-state index in [4.69, 9.17) is 23.2 Å². The Bertz CT molecular complexity index is 999. The lowest BCUT2D eigenvalue weighted by atomic mass is 9.67. The molecule has 0 radical (unpaired) electrons. The molecule has 1 amide bonds. The van der Waals surface area contributed by atoms with Crippen LogP contribution in [0.15, 0.2) is 48.5 Å². The van der Waals surface area contributed by atoms with Crippen molar-refractivity contribution in [2.24, 2.45) is 5.41 Å². The maximum Gasteiger partial charge on any atom is 0.304 e. The SMILES string of the molecule is CC[C@@H]([C@@H](O)CO)N1C(=O)[C@@](C)(CC(=O)O)C[C@H](c2cccc(Cl)c2)[C@H]1c1ccc(Cl)cc1. The second-order valence-electron chi connectivity index (χ2n) is 8.93. The minimum atomic E-state index is -1.20. The van der Waals surface area contributed by atoms with Crippen molar-refractivity contribution in [3.8, 4) is 0 Å². The van der Waals surface area contributed by atoms with Crippen molar-refractivity contribution in [2.75, 3.05) is 6.61 Å². The lowest BCUT2D eigenvalue weighted by molar-refractivity contribution is -0.164. The number of carbonyl (C=O) groups is 2. The summed E-state index contributed by atoms with van der Waals surface area (Å²) in [5.41, 5.74) is 0.466. The van der Waals surface area contributed by atoms with Crippen LogP contribution in [0, 0.1) is 5.41 Å². The number of nitrogens with zero attached hydrogens (tertiary/aromatic N) is 1. The average molecular weight is 494 g/mol. The fourth-order valence-corrected chi connectivity index (χ4v) is 5.35. The highest BCUT2D eigenvalue weighted by Crippen LogP contribution is 2.52. The smallest absolute Gasteiger partial charge is 0.304 e. The van der Waals surface area contributed by atoms with Crippen molar-refractivity contribution >= 4 is 35.1 Å². The van der Waals surface area contributed by atoms with Crippen molar-refractivity contribution in [3.05, 3.63) is 69.7 Å². The second kappa shape index (κ2) is 10.4.